The zero-order valence-electron chi connectivity index (χ0n) is 15.7. The van der Waals surface area contributed by atoms with Crippen LogP contribution in [-0.4, -0.2) is 30.0 Å². The highest BCUT2D eigenvalue weighted by atomic mass is 19.1. The molecule has 1 aliphatic carbocycles. The minimum atomic E-state index is -0.718. The molecule has 4 rings (SSSR count). The number of likely N-dealkylation sites (tertiary alicyclic amines) is 1. The maximum absolute atomic E-state index is 14.3. The molecule has 2 fully saturated rings. The summed E-state index contributed by atoms with van der Waals surface area (Å²) >= 11 is 0. The summed E-state index contributed by atoms with van der Waals surface area (Å²) in [6, 6.07) is 9.21. The van der Waals surface area contributed by atoms with Crippen molar-refractivity contribution >= 4 is 5.91 Å². The normalized spacial score (nSPS) is 18.2. The Kier molecular flexibility index (Phi) is 5.31. The molecule has 1 heterocycles. The minimum absolute atomic E-state index is 0.0166. The Hall–Kier alpha value is -2.47. The Labute approximate surface area is 163 Å². The van der Waals surface area contributed by atoms with Crippen LogP contribution in [0.3, 0.4) is 0 Å². The van der Waals surface area contributed by atoms with Crippen LogP contribution in [0.2, 0.25) is 0 Å². The molecular formula is C22H24F2N2O2. The van der Waals surface area contributed by atoms with Gasteiger partial charge in [0.1, 0.15) is 23.5 Å². The number of amides is 1. The number of ether oxygens (including phenoxy) is 1. The van der Waals surface area contributed by atoms with E-state index < -0.39 is 11.7 Å². The van der Waals surface area contributed by atoms with Crippen molar-refractivity contribution in [1.82, 2.24) is 4.90 Å². The minimum Gasteiger partial charge on any atom is -0.490 e. The molecule has 2 aromatic rings. The number of rotatable bonds is 6. The van der Waals surface area contributed by atoms with E-state index in [1.807, 2.05) is 0 Å². The molecule has 148 valence electrons. The lowest BCUT2D eigenvalue weighted by atomic mass is 9.97. The second-order valence-corrected chi connectivity index (χ2v) is 7.72. The van der Waals surface area contributed by atoms with Gasteiger partial charge in [-0.1, -0.05) is 0 Å². The van der Waals surface area contributed by atoms with Crippen molar-refractivity contribution in [3.63, 3.8) is 0 Å². The van der Waals surface area contributed by atoms with Crippen molar-refractivity contribution in [3.05, 3.63) is 64.7 Å². The predicted molar refractivity (Wildman–Crippen MR) is 102 cm³/mol. The molecule has 1 saturated heterocycles. The Morgan fingerprint density at radius 1 is 1.07 bits per heavy atom. The monoisotopic (exact) mass is 386 g/mol. The van der Waals surface area contributed by atoms with Gasteiger partial charge in [0.25, 0.3) is 5.91 Å². The third kappa shape index (κ3) is 4.33. The Morgan fingerprint density at radius 3 is 2.36 bits per heavy atom. The summed E-state index contributed by atoms with van der Waals surface area (Å²) in [7, 11) is 0. The number of primary amides is 1. The van der Waals surface area contributed by atoms with E-state index in [9.17, 15) is 13.6 Å². The van der Waals surface area contributed by atoms with Crippen LogP contribution in [-0.2, 0) is 6.54 Å². The van der Waals surface area contributed by atoms with Gasteiger partial charge in [0.15, 0.2) is 0 Å². The molecule has 0 aromatic heterocycles. The van der Waals surface area contributed by atoms with Crippen LogP contribution in [0.4, 0.5) is 8.78 Å². The standard InChI is InChI=1S/C22H24F2N2O2/c23-16-3-5-17(6-4-16)28-18-7-9-26(10-8-18)13-15-11-21(24)20(22(25)27)12-19(15)14-1-2-14/h3-6,11-12,14,18H,1-2,7-10,13H2,(H2,25,27). The molecule has 6 heteroatoms. The van der Waals surface area contributed by atoms with Gasteiger partial charge in [-0.2, -0.15) is 0 Å². The Balaban J connectivity index is 1.39. The second kappa shape index (κ2) is 7.87. The topological polar surface area (TPSA) is 55.6 Å². The molecular weight excluding hydrogens is 362 g/mol. The summed E-state index contributed by atoms with van der Waals surface area (Å²) in [6.07, 6.45) is 3.96. The van der Waals surface area contributed by atoms with Crippen molar-refractivity contribution in [2.24, 2.45) is 5.73 Å². The molecule has 1 amide bonds. The highest BCUT2D eigenvalue weighted by Gasteiger charge is 2.29. The number of carbonyl (C=O) groups excluding carboxylic acids is 1. The summed E-state index contributed by atoms with van der Waals surface area (Å²) in [5.41, 5.74) is 7.29. The number of halogens is 2. The van der Waals surface area contributed by atoms with E-state index >= 15 is 0 Å². The lowest BCUT2D eigenvalue weighted by Gasteiger charge is -2.32. The average molecular weight is 386 g/mol. The third-order valence-corrected chi connectivity index (χ3v) is 5.56. The van der Waals surface area contributed by atoms with E-state index in [0.717, 1.165) is 49.9 Å². The molecule has 0 spiro atoms. The van der Waals surface area contributed by atoms with Crippen molar-refractivity contribution in [2.75, 3.05) is 13.1 Å². The molecule has 1 aliphatic heterocycles. The zero-order chi connectivity index (χ0) is 19.7. The second-order valence-electron chi connectivity index (χ2n) is 7.72. The molecule has 1 saturated carbocycles. The van der Waals surface area contributed by atoms with Gasteiger partial charge in [-0.15, -0.1) is 0 Å². The van der Waals surface area contributed by atoms with Crippen LogP contribution in [0.5, 0.6) is 5.75 Å². The van der Waals surface area contributed by atoms with Gasteiger partial charge in [0, 0.05) is 19.6 Å². The number of hydrogen-bond acceptors (Lipinski definition) is 3. The maximum atomic E-state index is 14.3. The molecule has 4 nitrogen and oxygen atoms in total. The number of piperidine rings is 1. The molecule has 28 heavy (non-hydrogen) atoms. The third-order valence-electron chi connectivity index (χ3n) is 5.56. The van der Waals surface area contributed by atoms with Crippen LogP contribution in [0, 0.1) is 11.6 Å². The largest absolute Gasteiger partial charge is 0.490 e. The van der Waals surface area contributed by atoms with Gasteiger partial charge in [-0.05, 0) is 79.1 Å². The van der Waals surface area contributed by atoms with Gasteiger partial charge in [0.2, 0.25) is 0 Å². The van der Waals surface area contributed by atoms with Crippen molar-refractivity contribution in [2.45, 2.75) is 44.2 Å². The lowest BCUT2D eigenvalue weighted by molar-refractivity contribution is 0.0963. The van der Waals surface area contributed by atoms with E-state index in [1.165, 1.54) is 18.2 Å². The summed E-state index contributed by atoms with van der Waals surface area (Å²) in [4.78, 5) is 13.7. The molecule has 0 atom stereocenters. The maximum Gasteiger partial charge on any atom is 0.251 e. The van der Waals surface area contributed by atoms with Gasteiger partial charge >= 0.3 is 0 Å². The summed E-state index contributed by atoms with van der Waals surface area (Å²) in [5.74, 6) is -0.442. The van der Waals surface area contributed by atoms with Crippen molar-refractivity contribution < 1.29 is 18.3 Å². The average Bonchev–Trinajstić information content (AvgIpc) is 3.50. The van der Waals surface area contributed by atoms with Crippen LogP contribution in [0.15, 0.2) is 36.4 Å². The summed E-state index contributed by atoms with van der Waals surface area (Å²) in [5, 5.41) is 0. The van der Waals surface area contributed by atoms with Gasteiger partial charge in [0.05, 0.1) is 5.56 Å². The first-order valence-corrected chi connectivity index (χ1v) is 9.76. The molecule has 0 radical (unpaired) electrons. The van der Waals surface area contributed by atoms with Gasteiger partial charge in [-0.25, -0.2) is 8.78 Å². The first kappa shape index (κ1) is 18.9. The van der Waals surface area contributed by atoms with E-state index in [1.54, 1.807) is 18.2 Å². The van der Waals surface area contributed by atoms with Crippen LogP contribution >= 0.6 is 0 Å². The first-order chi connectivity index (χ1) is 13.5. The summed E-state index contributed by atoms with van der Waals surface area (Å²) in [6.45, 7) is 2.34. The quantitative estimate of drug-likeness (QED) is 0.817. The SMILES string of the molecule is NC(=O)c1cc(C2CC2)c(CN2CCC(Oc3ccc(F)cc3)CC2)cc1F. The highest BCUT2D eigenvalue weighted by molar-refractivity contribution is 5.93. The van der Waals surface area contributed by atoms with E-state index in [-0.39, 0.29) is 17.5 Å². The fourth-order valence-corrected chi connectivity index (χ4v) is 3.86. The van der Waals surface area contributed by atoms with Crippen LogP contribution < -0.4 is 10.5 Å². The zero-order valence-corrected chi connectivity index (χ0v) is 15.7. The number of hydrogen-bond donors (Lipinski definition) is 1. The molecule has 2 aliphatic rings. The lowest BCUT2D eigenvalue weighted by Crippen LogP contribution is -2.38. The Morgan fingerprint density at radius 2 is 1.75 bits per heavy atom. The van der Waals surface area contributed by atoms with Crippen molar-refractivity contribution in [1.29, 1.82) is 0 Å². The molecule has 2 aromatic carbocycles. The number of nitrogens with zero attached hydrogens (tertiary/aromatic N) is 1. The summed E-state index contributed by atoms with van der Waals surface area (Å²) < 4.78 is 33.2. The van der Waals surface area contributed by atoms with Crippen molar-refractivity contribution in [3.8, 4) is 5.75 Å². The number of benzene rings is 2. The van der Waals surface area contributed by atoms with Crippen LogP contribution in [0.25, 0.3) is 0 Å². The molecule has 0 bridgehead atoms. The predicted octanol–water partition coefficient (Wildman–Crippen LogP) is 3.98. The first-order valence-electron chi connectivity index (χ1n) is 9.76. The number of nitrogens with two attached hydrogens (primary N) is 1. The fourth-order valence-electron chi connectivity index (χ4n) is 3.86. The van der Waals surface area contributed by atoms with Gasteiger partial charge in [-0.3, -0.25) is 9.69 Å². The van der Waals surface area contributed by atoms with Crippen LogP contribution in [0.1, 0.15) is 53.1 Å². The fraction of sp³-hybridized carbons (Fsp3) is 0.409. The number of carbonyl (C=O) groups is 1. The molecule has 2 N–H and O–H groups in total. The van der Waals surface area contributed by atoms with E-state index in [0.29, 0.717) is 18.2 Å². The van der Waals surface area contributed by atoms with E-state index in [4.69, 9.17) is 10.5 Å². The van der Waals surface area contributed by atoms with Gasteiger partial charge < -0.3 is 10.5 Å². The highest BCUT2D eigenvalue weighted by Crippen LogP contribution is 2.42. The smallest absolute Gasteiger partial charge is 0.251 e. The Bertz CT molecular complexity index is 858. The van der Waals surface area contributed by atoms with E-state index in [2.05, 4.69) is 4.90 Å². The molecule has 0 unspecified atom stereocenters.